The Labute approximate surface area is 109 Å². The summed E-state index contributed by atoms with van der Waals surface area (Å²) in [4.78, 5) is 12.1. The summed E-state index contributed by atoms with van der Waals surface area (Å²) in [6, 6.07) is 13.7. The molecule has 0 unspecified atom stereocenters. The third-order valence-corrected chi connectivity index (χ3v) is 3.13. The summed E-state index contributed by atoms with van der Waals surface area (Å²) in [5, 5.41) is 10.5. The molecule has 19 heavy (non-hydrogen) atoms. The molecule has 1 heterocycles. The molecule has 0 saturated heterocycles. The molecule has 1 N–H and O–H groups in total. The summed E-state index contributed by atoms with van der Waals surface area (Å²) in [5.41, 5.74) is 1.83. The molecule has 0 saturated carbocycles. The fourth-order valence-corrected chi connectivity index (χ4v) is 2.20. The van der Waals surface area contributed by atoms with Gasteiger partial charge < -0.3 is 9.52 Å². The van der Waals surface area contributed by atoms with Gasteiger partial charge in [-0.2, -0.15) is 0 Å². The van der Waals surface area contributed by atoms with E-state index in [1.165, 1.54) is 6.07 Å². The molecule has 1 aromatic heterocycles. The van der Waals surface area contributed by atoms with Crippen molar-refractivity contribution in [2.45, 2.75) is 6.92 Å². The van der Waals surface area contributed by atoms with Crippen molar-refractivity contribution in [1.29, 1.82) is 0 Å². The van der Waals surface area contributed by atoms with Crippen molar-refractivity contribution in [3.63, 3.8) is 0 Å². The number of para-hydroxylation sites is 1. The van der Waals surface area contributed by atoms with Crippen LogP contribution in [-0.2, 0) is 0 Å². The Hall–Kier alpha value is -2.55. The SMILES string of the molecule is Cc1cccc(O)c1-c1cc(=O)c2ccccc2o1. The maximum atomic E-state index is 12.1. The molecule has 0 amide bonds. The van der Waals surface area contributed by atoms with E-state index in [1.807, 2.05) is 19.1 Å². The lowest BCUT2D eigenvalue weighted by Gasteiger charge is -2.08. The Morgan fingerprint density at radius 1 is 1.05 bits per heavy atom. The van der Waals surface area contributed by atoms with E-state index in [2.05, 4.69) is 0 Å². The minimum Gasteiger partial charge on any atom is -0.507 e. The minimum atomic E-state index is -0.112. The summed E-state index contributed by atoms with van der Waals surface area (Å²) < 4.78 is 5.73. The first-order chi connectivity index (χ1) is 9.16. The maximum Gasteiger partial charge on any atom is 0.193 e. The minimum absolute atomic E-state index is 0.110. The molecule has 3 rings (SSSR count). The normalized spacial score (nSPS) is 10.8. The standard InChI is InChI=1S/C16H12O3/c1-10-5-4-7-12(17)16(10)15-9-13(18)11-6-2-3-8-14(11)19-15/h2-9,17H,1H3. The Kier molecular flexibility index (Phi) is 2.60. The predicted octanol–water partition coefficient (Wildman–Crippen LogP) is 3.47. The van der Waals surface area contributed by atoms with Gasteiger partial charge in [-0.25, -0.2) is 0 Å². The van der Waals surface area contributed by atoms with Crippen molar-refractivity contribution in [2.24, 2.45) is 0 Å². The first-order valence-electron chi connectivity index (χ1n) is 5.98. The van der Waals surface area contributed by atoms with Crippen LogP contribution in [0.1, 0.15) is 5.56 Å². The van der Waals surface area contributed by atoms with Crippen molar-refractivity contribution in [2.75, 3.05) is 0 Å². The number of phenols is 1. The quantitative estimate of drug-likeness (QED) is 0.721. The van der Waals surface area contributed by atoms with Crippen LogP contribution in [0, 0.1) is 6.92 Å². The van der Waals surface area contributed by atoms with E-state index in [1.54, 1.807) is 30.3 Å². The number of fused-ring (bicyclic) bond motifs is 1. The number of aryl methyl sites for hydroxylation is 1. The Bertz CT molecular complexity index is 795. The summed E-state index contributed by atoms with van der Waals surface area (Å²) >= 11 is 0. The fourth-order valence-electron chi connectivity index (χ4n) is 2.20. The van der Waals surface area contributed by atoms with Gasteiger partial charge in [0.1, 0.15) is 17.1 Å². The molecule has 0 fully saturated rings. The highest BCUT2D eigenvalue weighted by molar-refractivity contribution is 5.80. The Balaban J connectivity index is 2.35. The smallest absolute Gasteiger partial charge is 0.193 e. The zero-order valence-corrected chi connectivity index (χ0v) is 10.4. The molecule has 0 bridgehead atoms. The van der Waals surface area contributed by atoms with Crippen LogP contribution in [0.25, 0.3) is 22.3 Å². The molecule has 0 aliphatic carbocycles. The molecule has 0 spiro atoms. The van der Waals surface area contributed by atoms with E-state index < -0.39 is 0 Å². The Morgan fingerprint density at radius 3 is 2.63 bits per heavy atom. The van der Waals surface area contributed by atoms with Gasteiger partial charge in [0.15, 0.2) is 5.43 Å². The molecule has 94 valence electrons. The lowest BCUT2D eigenvalue weighted by atomic mass is 10.0. The summed E-state index contributed by atoms with van der Waals surface area (Å²) in [7, 11) is 0. The molecule has 3 aromatic rings. The van der Waals surface area contributed by atoms with Gasteiger partial charge >= 0.3 is 0 Å². The van der Waals surface area contributed by atoms with Crippen LogP contribution in [0.15, 0.2) is 57.7 Å². The fraction of sp³-hybridized carbons (Fsp3) is 0.0625. The topological polar surface area (TPSA) is 50.4 Å². The van der Waals surface area contributed by atoms with Crippen molar-refractivity contribution in [3.8, 4) is 17.1 Å². The van der Waals surface area contributed by atoms with Crippen molar-refractivity contribution >= 4 is 11.0 Å². The van der Waals surface area contributed by atoms with Crippen molar-refractivity contribution < 1.29 is 9.52 Å². The molecule has 0 aliphatic rings. The molecular weight excluding hydrogens is 240 g/mol. The summed E-state index contributed by atoms with van der Waals surface area (Å²) in [6.45, 7) is 1.87. The maximum absolute atomic E-state index is 12.1. The van der Waals surface area contributed by atoms with E-state index in [0.717, 1.165) is 5.56 Å². The third kappa shape index (κ3) is 1.89. The zero-order valence-electron chi connectivity index (χ0n) is 10.4. The van der Waals surface area contributed by atoms with Crippen LogP contribution >= 0.6 is 0 Å². The van der Waals surface area contributed by atoms with Gasteiger partial charge in [-0.05, 0) is 30.7 Å². The average Bonchev–Trinajstić information content (AvgIpc) is 2.38. The van der Waals surface area contributed by atoms with Gasteiger partial charge in [-0.15, -0.1) is 0 Å². The molecule has 3 nitrogen and oxygen atoms in total. The van der Waals surface area contributed by atoms with Crippen LogP contribution in [0.4, 0.5) is 0 Å². The lowest BCUT2D eigenvalue weighted by molar-refractivity contribution is 0.474. The van der Waals surface area contributed by atoms with Gasteiger partial charge in [0.25, 0.3) is 0 Å². The van der Waals surface area contributed by atoms with E-state index in [9.17, 15) is 9.90 Å². The molecule has 0 atom stereocenters. The van der Waals surface area contributed by atoms with Gasteiger partial charge in [-0.1, -0.05) is 24.3 Å². The number of rotatable bonds is 1. The van der Waals surface area contributed by atoms with Gasteiger partial charge in [0.2, 0.25) is 0 Å². The van der Waals surface area contributed by atoms with Crippen LogP contribution in [-0.4, -0.2) is 5.11 Å². The van der Waals surface area contributed by atoms with Crippen LogP contribution in [0.2, 0.25) is 0 Å². The first kappa shape index (κ1) is 11.5. The third-order valence-electron chi connectivity index (χ3n) is 3.13. The Morgan fingerprint density at radius 2 is 1.84 bits per heavy atom. The molecule has 2 aromatic carbocycles. The van der Waals surface area contributed by atoms with Crippen LogP contribution < -0.4 is 5.43 Å². The van der Waals surface area contributed by atoms with E-state index >= 15 is 0 Å². The number of benzene rings is 2. The van der Waals surface area contributed by atoms with Gasteiger partial charge in [-0.3, -0.25) is 4.79 Å². The number of hydrogen-bond donors (Lipinski definition) is 1. The summed E-state index contributed by atoms with van der Waals surface area (Å²) in [5.74, 6) is 0.498. The van der Waals surface area contributed by atoms with E-state index in [4.69, 9.17) is 4.42 Å². The highest BCUT2D eigenvalue weighted by Crippen LogP contribution is 2.32. The largest absolute Gasteiger partial charge is 0.507 e. The number of phenolic OH excluding ortho intramolecular Hbond substituents is 1. The van der Waals surface area contributed by atoms with Crippen LogP contribution in [0.3, 0.4) is 0 Å². The van der Waals surface area contributed by atoms with Crippen molar-refractivity contribution in [1.82, 2.24) is 0 Å². The van der Waals surface area contributed by atoms with Gasteiger partial charge in [0.05, 0.1) is 10.9 Å². The van der Waals surface area contributed by atoms with Crippen LogP contribution in [0.5, 0.6) is 5.75 Å². The highest BCUT2D eigenvalue weighted by atomic mass is 16.3. The highest BCUT2D eigenvalue weighted by Gasteiger charge is 2.12. The van der Waals surface area contributed by atoms with E-state index in [0.29, 0.717) is 22.3 Å². The van der Waals surface area contributed by atoms with Crippen molar-refractivity contribution in [3.05, 3.63) is 64.3 Å². The second-order valence-electron chi connectivity index (χ2n) is 4.44. The molecule has 0 radical (unpaired) electrons. The summed E-state index contributed by atoms with van der Waals surface area (Å²) in [6.07, 6.45) is 0. The molecule has 3 heteroatoms. The number of hydrogen-bond acceptors (Lipinski definition) is 3. The average molecular weight is 252 g/mol. The van der Waals surface area contributed by atoms with Gasteiger partial charge in [0, 0.05) is 6.07 Å². The molecule has 0 aliphatic heterocycles. The zero-order chi connectivity index (χ0) is 13.4. The molecular formula is C16H12O3. The predicted molar refractivity (Wildman–Crippen MR) is 74.3 cm³/mol. The second-order valence-corrected chi connectivity index (χ2v) is 4.44. The first-order valence-corrected chi connectivity index (χ1v) is 5.98. The lowest BCUT2D eigenvalue weighted by Crippen LogP contribution is -2.00. The monoisotopic (exact) mass is 252 g/mol. The number of aromatic hydroxyl groups is 1. The van der Waals surface area contributed by atoms with E-state index in [-0.39, 0.29) is 11.2 Å². The second kappa shape index (κ2) is 4.28.